The fraction of sp³-hybridized carbons (Fsp3) is 1.00. The molecule has 0 radical (unpaired) electrons. The van der Waals surface area contributed by atoms with Crippen molar-refractivity contribution < 1.29 is 9.84 Å². The Bertz CT molecular complexity index is 107. The number of hydrogen-bond donors (Lipinski definition) is 2. The highest BCUT2D eigenvalue weighted by molar-refractivity contribution is 4.65. The third-order valence-corrected chi connectivity index (χ3v) is 1.60. The molecule has 3 heteroatoms. The molecule has 0 aliphatic carbocycles. The fourth-order valence-corrected chi connectivity index (χ4v) is 1.02. The summed E-state index contributed by atoms with van der Waals surface area (Å²) < 4.78 is 5.08. The van der Waals surface area contributed by atoms with Gasteiger partial charge in [0.25, 0.3) is 0 Å². The van der Waals surface area contributed by atoms with Gasteiger partial charge in [-0.1, -0.05) is 20.8 Å². The fourth-order valence-electron chi connectivity index (χ4n) is 1.02. The van der Waals surface area contributed by atoms with Gasteiger partial charge in [-0.15, -0.1) is 0 Å². The molecule has 2 unspecified atom stereocenters. The third kappa shape index (κ3) is 5.52. The second-order valence-corrected chi connectivity index (χ2v) is 3.55. The maximum Gasteiger partial charge on any atom is 0.169 e. The molecule has 0 amide bonds. The second-order valence-electron chi connectivity index (χ2n) is 3.55. The van der Waals surface area contributed by atoms with E-state index in [1.165, 1.54) is 0 Å². The van der Waals surface area contributed by atoms with Crippen LogP contribution in [-0.2, 0) is 4.74 Å². The molecule has 0 saturated carbocycles. The molecule has 2 atom stereocenters. The molecule has 0 saturated heterocycles. The summed E-state index contributed by atoms with van der Waals surface area (Å²) in [5.74, 6) is 0.500. The summed E-state index contributed by atoms with van der Waals surface area (Å²) in [6, 6.07) is -0.253. The maximum absolute atomic E-state index is 9.35. The highest BCUT2D eigenvalue weighted by Crippen LogP contribution is 2.06. The van der Waals surface area contributed by atoms with Crippen LogP contribution < -0.4 is 5.73 Å². The van der Waals surface area contributed by atoms with Crippen LogP contribution in [-0.4, -0.2) is 24.0 Å². The van der Waals surface area contributed by atoms with E-state index in [1.54, 1.807) is 0 Å². The van der Waals surface area contributed by atoms with Crippen LogP contribution in [0.4, 0.5) is 0 Å². The average molecular weight is 175 g/mol. The van der Waals surface area contributed by atoms with Crippen molar-refractivity contribution >= 4 is 0 Å². The Hall–Kier alpha value is -0.120. The molecule has 0 aliphatic rings. The predicted molar refractivity (Wildman–Crippen MR) is 49.7 cm³/mol. The number of nitrogens with two attached hydrogens (primary N) is 1. The van der Waals surface area contributed by atoms with Crippen LogP contribution in [0.15, 0.2) is 0 Å². The van der Waals surface area contributed by atoms with Crippen molar-refractivity contribution in [1.29, 1.82) is 0 Å². The molecule has 3 N–H and O–H groups in total. The van der Waals surface area contributed by atoms with Crippen LogP contribution in [0.2, 0.25) is 0 Å². The molecule has 0 bridgehead atoms. The minimum Gasteiger partial charge on any atom is -0.367 e. The molecule has 12 heavy (non-hydrogen) atoms. The van der Waals surface area contributed by atoms with E-state index in [9.17, 15) is 5.11 Å². The van der Waals surface area contributed by atoms with Gasteiger partial charge in [0.05, 0.1) is 6.04 Å². The Labute approximate surface area is 74.9 Å². The van der Waals surface area contributed by atoms with Crippen molar-refractivity contribution in [2.45, 2.75) is 45.9 Å². The van der Waals surface area contributed by atoms with Gasteiger partial charge in [-0.25, -0.2) is 0 Å². The van der Waals surface area contributed by atoms with Crippen molar-refractivity contribution in [3.63, 3.8) is 0 Å². The molecule has 0 aromatic rings. The quantitative estimate of drug-likeness (QED) is 0.594. The van der Waals surface area contributed by atoms with Gasteiger partial charge in [0, 0.05) is 6.61 Å². The Morgan fingerprint density at radius 3 is 2.42 bits per heavy atom. The summed E-state index contributed by atoms with van der Waals surface area (Å²) in [4.78, 5) is 0. The third-order valence-electron chi connectivity index (χ3n) is 1.60. The van der Waals surface area contributed by atoms with Gasteiger partial charge < -0.3 is 15.6 Å². The topological polar surface area (TPSA) is 55.5 Å². The monoisotopic (exact) mass is 175 g/mol. The van der Waals surface area contributed by atoms with E-state index in [2.05, 4.69) is 13.8 Å². The normalized spacial score (nSPS) is 16.5. The van der Waals surface area contributed by atoms with E-state index in [4.69, 9.17) is 10.5 Å². The smallest absolute Gasteiger partial charge is 0.169 e. The van der Waals surface area contributed by atoms with Crippen LogP contribution in [0.25, 0.3) is 0 Å². The lowest BCUT2D eigenvalue weighted by molar-refractivity contribution is -0.115. The first-order valence-electron chi connectivity index (χ1n) is 4.63. The zero-order valence-corrected chi connectivity index (χ0v) is 8.29. The molecule has 0 aromatic carbocycles. The number of hydrogen-bond acceptors (Lipinski definition) is 3. The molecule has 0 heterocycles. The first kappa shape index (κ1) is 11.9. The molecule has 0 spiro atoms. The summed E-state index contributed by atoms with van der Waals surface area (Å²) in [6.07, 6.45) is 0.906. The van der Waals surface area contributed by atoms with Gasteiger partial charge in [-0.2, -0.15) is 0 Å². The Balaban J connectivity index is 3.53. The van der Waals surface area contributed by atoms with E-state index < -0.39 is 6.29 Å². The van der Waals surface area contributed by atoms with Crippen LogP contribution in [0, 0.1) is 5.92 Å². The highest BCUT2D eigenvalue weighted by atomic mass is 16.6. The minimum absolute atomic E-state index is 0.253. The SMILES string of the molecule is CCCOC(O)C(N)CC(C)C. The highest BCUT2D eigenvalue weighted by Gasteiger charge is 2.15. The van der Waals surface area contributed by atoms with Crippen molar-refractivity contribution in [2.24, 2.45) is 11.7 Å². The lowest BCUT2D eigenvalue weighted by Gasteiger charge is -2.20. The first-order chi connectivity index (χ1) is 5.57. The maximum atomic E-state index is 9.35. The summed E-state index contributed by atoms with van der Waals surface area (Å²) in [6.45, 7) is 6.73. The second kappa shape index (κ2) is 6.40. The van der Waals surface area contributed by atoms with E-state index in [0.29, 0.717) is 12.5 Å². The molecule has 3 nitrogen and oxygen atoms in total. The van der Waals surface area contributed by atoms with Gasteiger partial charge in [-0.3, -0.25) is 0 Å². The Morgan fingerprint density at radius 1 is 1.42 bits per heavy atom. The van der Waals surface area contributed by atoms with Crippen LogP contribution in [0.1, 0.15) is 33.6 Å². The van der Waals surface area contributed by atoms with E-state index in [-0.39, 0.29) is 6.04 Å². The molecule has 0 aromatic heterocycles. The summed E-state index contributed by atoms with van der Waals surface area (Å²) >= 11 is 0. The Morgan fingerprint density at radius 2 is 2.00 bits per heavy atom. The average Bonchev–Trinajstić information content (AvgIpc) is 1.98. The molecular weight excluding hydrogens is 154 g/mol. The standard InChI is InChI=1S/C9H21NO2/c1-4-5-12-9(11)8(10)6-7(2)3/h7-9,11H,4-6,10H2,1-3H3. The summed E-state index contributed by atoms with van der Waals surface area (Å²) in [5, 5.41) is 9.35. The van der Waals surface area contributed by atoms with E-state index in [0.717, 1.165) is 12.8 Å². The largest absolute Gasteiger partial charge is 0.367 e. The first-order valence-corrected chi connectivity index (χ1v) is 4.63. The van der Waals surface area contributed by atoms with Crippen LogP contribution in [0.3, 0.4) is 0 Å². The number of ether oxygens (including phenoxy) is 1. The molecule has 0 fully saturated rings. The number of aliphatic hydroxyl groups is 1. The van der Waals surface area contributed by atoms with Gasteiger partial charge in [0.2, 0.25) is 0 Å². The van der Waals surface area contributed by atoms with E-state index in [1.807, 2.05) is 6.92 Å². The molecule has 0 aliphatic heterocycles. The van der Waals surface area contributed by atoms with Gasteiger partial charge in [0.1, 0.15) is 0 Å². The van der Waals surface area contributed by atoms with E-state index >= 15 is 0 Å². The summed E-state index contributed by atoms with van der Waals surface area (Å²) in [7, 11) is 0. The van der Waals surface area contributed by atoms with Crippen molar-refractivity contribution in [3.05, 3.63) is 0 Å². The van der Waals surface area contributed by atoms with Gasteiger partial charge in [0.15, 0.2) is 6.29 Å². The molecule has 74 valence electrons. The molecular formula is C9H21NO2. The van der Waals surface area contributed by atoms with Gasteiger partial charge >= 0.3 is 0 Å². The lowest BCUT2D eigenvalue weighted by atomic mass is 10.0. The van der Waals surface area contributed by atoms with Crippen molar-refractivity contribution in [3.8, 4) is 0 Å². The van der Waals surface area contributed by atoms with Crippen LogP contribution >= 0.6 is 0 Å². The van der Waals surface area contributed by atoms with Crippen LogP contribution in [0.5, 0.6) is 0 Å². The van der Waals surface area contributed by atoms with Gasteiger partial charge in [-0.05, 0) is 18.8 Å². The van der Waals surface area contributed by atoms with Crippen molar-refractivity contribution in [1.82, 2.24) is 0 Å². The number of aliphatic hydroxyl groups excluding tert-OH is 1. The predicted octanol–water partition coefficient (Wildman–Crippen LogP) is 1.10. The van der Waals surface area contributed by atoms with Crippen molar-refractivity contribution in [2.75, 3.05) is 6.61 Å². The Kier molecular flexibility index (Phi) is 6.34. The number of rotatable bonds is 6. The molecule has 0 rings (SSSR count). The zero-order chi connectivity index (χ0) is 9.56. The summed E-state index contributed by atoms with van der Waals surface area (Å²) in [5.41, 5.74) is 5.68. The minimum atomic E-state index is -0.799. The lowest BCUT2D eigenvalue weighted by Crippen LogP contribution is -2.37. The zero-order valence-electron chi connectivity index (χ0n) is 8.29.